The van der Waals surface area contributed by atoms with Crippen molar-refractivity contribution in [2.75, 3.05) is 13.2 Å². The van der Waals surface area contributed by atoms with Gasteiger partial charge in [0.15, 0.2) is 6.04 Å². The van der Waals surface area contributed by atoms with Crippen LogP contribution in [0, 0.1) is 0 Å². The van der Waals surface area contributed by atoms with Crippen molar-refractivity contribution in [2.45, 2.75) is 38.1 Å². The molecule has 164 valence electrons. The zero-order valence-corrected chi connectivity index (χ0v) is 16.4. The molecule has 12 N–H and O–H groups in total. The minimum atomic E-state index is -5.36. The molecule has 0 saturated carbocycles. The Morgan fingerprint density at radius 2 is 2.00 bits per heavy atom. The molecule has 4 unspecified atom stereocenters. The fourth-order valence-electron chi connectivity index (χ4n) is 2.10. The van der Waals surface area contributed by atoms with Crippen molar-refractivity contribution in [1.82, 2.24) is 5.32 Å². The molecule has 1 rings (SSSR count). The summed E-state index contributed by atoms with van der Waals surface area (Å²) < 4.78 is 14.7. The number of hydrogen-bond donors (Lipinski definition) is 4. The monoisotopic (exact) mass is 464 g/mol. The van der Waals surface area contributed by atoms with Gasteiger partial charge in [0.2, 0.25) is 0 Å². The smallest absolute Gasteiger partial charge is 0.790 e. The molecule has 0 aromatic carbocycles. The summed E-state index contributed by atoms with van der Waals surface area (Å²) in [4.78, 5) is 36.0. The van der Waals surface area contributed by atoms with Crippen LogP contribution in [-0.4, -0.2) is 70.4 Å². The van der Waals surface area contributed by atoms with E-state index in [0.717, 1.165) is 13.1 Å². The van der Waals surface area contributed by atoms with Crippen LogP contribution in [0.3, 0.4) is 0 Å². The molecule has 15 heteroatoms. The van der Waals surface area contributed by atoms with Crippen molar-refractivity contribution in [3.8, 4) is 0 Å². The minimum Gasteiger partial charge on any atom is -0.790 e. The van der Waals surface area contributed by atoms with Crippen LogP contribution in [0.5, 0.6) is 0 Å². The first kappa shape index (κ1) is 33.8. The molecule has 0 spiro atoms. The summed E-state index contributed by atoms with van der Waals surface area (Å²) in [5.41, 5.74) is 0.667. The molecule has 0 aliphatic carbocycles. The maximum absolute atomic E-state index is 11.2. The van der Waals surface area contributed by atoms with Gasteiger partial charge in [0.1, 0.15) is 0 Å². The van der Waals surface area contributed by atoms with Gasteiger partial charge in [-0.15, -0.1) is 0 Å². The number of nitrogens with zero attached hydrogens (tertiary/aromatic N) is 1. The van der Waals surface area contributed by atoms with Gasteiger partial charge in [0.05, 0.1) is 26.6 Å². The number of aliphatic carboxylic acids is 1. The first-order valence-electron chi connectivity index (χ1n) is 6.77. The summed E-state index contributed by atoms with van der Waals surface area (Å²) >= 11 is 0. The zero-order chi connectivity index (χ0) is 17.8. The molecular formula is C12H27N2NiO11P+2. The number of aliphatic hydroxyl groups excluding tert-OH is 2. The first-order chi connectivity index (χ1) is 10.6. The molecule has 0 bridgehead atoms. The Bertz CT molecular complexity index is 553. The molecule has 0 fully saturated rings. The first-order valence-corrected chi connectivity index (χ1v) is 8.23. The van der Waals surface area contributed by atoms with E-state index < -0.39 is 32.0 Å². The van der Waals surface area contributed by atoms with Crippen molar-refractivity contribution >= 4 is 20.0 Å². The Kier molecular flexibility index (Phi) is 17.9. The Hall–Kier alpha value is -0.756. The predicted octanol–water partition coefficient (Wildman–Crippen LogP) is -5.29. The molecule has 4 atom stereocenters. The van der Waals surface area contributed by atoms with Gasteiger partial charge < -0.3 is 55.9 Å². The number of aliphatic imine (C=N–C) groups is 1. The summed E-state index contributed by atoms with van der Waals surface area (Å²) in [6.45, 7) is 2.70. The Morgan fingerprint density at radius 1 is 1.48 bits per heavy atom. The third-order valence-corrected chi connectivity index (χ3v) is 3.99. The molecule has 1 aliphatic rings. The number of aliphatic hydroxyl groups is 2. The summed E-state index contributed by atoms with van der Waals surface area (Å²) in [5.74, 6) is -1.50. The molecule has 13 nitrogen and oxygen atoms in total. The summed E-state index contributed by atoms with van der Waals surface area (Å²) in [6, 6.07) is -2.00. The van der Waals surface area contributed by atoms with E-state index in [9.17, 15) is 29.4 Å². The van der Waals surface area contributed by atoms with Gasteiger partial charge in [0, 0.05) is 24.4 Å². The van der Waals surface area contributed by atoms with Crippen molar-refractivity contribution in [1.29, 1.82) is 0 Å². The summed E-state index contributed by atoms with van der Waals surface area (Å²) in [5, 5.41) is 31.4. The van der Waals surface area contributed by atoms with Crippen LogP contribution >= 0.6 is 7.82 Å². The molecule has 0 aromatic heterocycles. The Morgan fingerprint density at radius 3 is 2.41 bits per heavy atom. The molecule has 1 heterocycles. The zero-order valence-electron chi connectivity index (χ0n) is 14.5. The molecule has 0 radical (unpaired) electrons. The van der Waals surface area contributed by atoms with Crippen molar-refractivity contribution in [2.24, 2.45) is 4.99 Å². The molecule has 0 aromatic rings. The molecule has 0 amide bonds. The average Bonchev–Trinajstić information content (AvgIpc) is 2.41. The SMILES string of the molecule is CC1NCC(CO)=C(C=NC(C(=O)O)C(C)OP(=O)([O-])[O-])C1O.O.[Ni+2].[OH3+].[OH3+]. The topological polar surface area (TPSA) is 272 Å². The molecule has 1 aliphatic heterocycles. The number of hydrogen-bond acceptors (Lipinski definition) is 9. The normalized spacial score (nSPS) is 21.9. The number of nitrogens with one attached hydrogen (secondary N) is 1. The van der Waals surface area contributed by atoms with Crippen LogP contribution in [0.15, 0.2) is 16.1 Å². The Balaban J connectivity index is -0.000000661. The standard InChI is InChI=1S/C12H21N2O8P.Ni.3H2O/c1-6-11(16)9(8(5-15)3-13-6)4-14-10(12(17)18)7(2)22-23(19,20)21;;;;/h4,6-7,10-11,13,15-16H,3,5H2,1-2H3,(H,17,18)(H2,19,20,21);;3*1H2/q;+2;;;. The number of carboxylic acids is 1. The van der Waals surface area contributed by atoms with Gasteiger partial charge in [-0.05, 0) is 19.4 Å². The predicted molar refractivity (Wildman–Crippen MR) is 89.0 cm³/mol. The van der Waals surface area contributed by atoms with Crippen molar-refractivity contribution in [3.63, 3.8) is 0 Å². The van der Waals surface area contributed by atoms with Gasteiger partial charge in [0.25, 0.3) is 0 Å². The summed E-state index contributed by atoms with van der Waals surface area (Å²) in [7, 11) is -5.36. The van der Waals surface area contributed by atoms with E-state index in [4.69, 9.17) is 5.11 Å². The second kappa shape index (κ2) is 14.3. The van der Waals surface area contributed by atoms with Crippen LogP contribution in [0.25, 0.3) is 0 Å². The largest absolute Gasteiger partial charge is 2.00 e. The number of phosphoric acid groups is 1. The van der Waals surface area contributed by atoms with E-state index in [1.54, 1.807) is 6.92 Å². The van der Waals surface area contributed by atoms with Gasteiger partial charge in [-0.25, -0.2) is 4.79 Å². The fraction of sp³-hybridized carbons (Fsp3) is 0.667. The van der Waals surface area contributed by atoms with E-state index in [1.807, 2.05) is 0 Å². The van der Waals surface area contributed by atoms with Crippen molar-refractivity contribution < 1.29 is 71.9 Å². The third kappa shape index (κ3) is 10.4. The van der Waals surface area contributed by atoms with E-state index in [2.05, 4.69) is 14.8 Å². The number of carbonyl (C=O) groups is 1. The van der Waals surface area contributed by atoms with E-state index in [-0.39, 0.29) is 57.7 Å². The molecule has 27 heavy (non-hydrogen) atoms. The van der Waals surface area contributed by atoms with Crippen LogP contribution < -0.4 is 15.1 Å². The van der Waals surface area contributed by atoms with Gasteiger partial charge >= 0.3 is 22.5 Å². The average molecular weight is 465 g/mol. The molecule has 0 saturated heterocycles. The summed E-state index contributed by atoms with van der Waals surface area (Å²) in [6.07, 6.45) is -1.48. The van der Waals surface area contributed by atoms with E-state index >= 15 is 0 Å². The molecular weight excluding hydrogens is 438 g/mol. The Labute approximate surface area is 165 Å². The van der Waals surface area contributed by atoms with Gasteiger partial charge in [-0.3, -0.25) is 4.99 Å². The van der Waals surface area contributed by atoms with Crippen molar-refractivity contribution in [3.05, 3.63) is 11.1 Å². The number of phosphoric ester groups is 1. The maximum Gasteiger partial charge on any atom is 2.00 e. The number of rotatable bonds is 7. The maximum atomic E-state index is 11.2. The van der Waals surface area contributed by atoms with Crippen LogP contribution in [0.2, 0.25) is 0 Å². The van der Waals surface area contributed by atoms with E-state index in [1.165, 1.54) is 0 Å². The van der Waals surface area contributed by atoms with Crippen LogP contribution in [-0.2, 0) is 41.3 Å². The second-order valence-electron chi connectivity index (χ2n) is 5.15. The van der Waals surface area contributed by atoms with Crippen LogP contribution in [0.4, 0.5) is 0 Å². The van der Waals surface area contributed by atoms with Gasteiger partial charge in [-0.2, -0.15) is 0 Å². The number of carboxylic acid groups (broad SMARTS) is 1. The second-order valence-corrected chi connectivity index (χ2v) is 6.26. The van der Waals surface area contributed by atoms with Crippen LogP contribution in [0.1, 0.15) is 13.8 Å². The minimum absolute atomic E-state index is 0. The van der Waals surface area contributed by atoms with Gasteiger partial charge in [-0.1, -0.05) is 0 Å². The fourth-order valence-corrected chi connectivity index (χ4v) is 2.62. The quantitative estimate of drug-likeness (QED) is 0.121. The third-order valence-electron chi connectivity index (χ3n) is 3.40. The van der Waals surface area contributed by atoms with E-state index in [0.29, 0.717) is 5.57 Å².